The topological polar surface area (TPSA) is 32.9 Å². The van der Waals surface area contributed by atoms with E-state index in [0.29, 0.717) is 10.6 Å². The molecule has 2 rings (SSSR count). The molecule has 0 saturated heterocycles. The van der Waals surface area contributed by atoms with Gasteiger partial charge in [0, 0.05) is 10.9 Å². The molecule has 0 unspecified atom stereocenters. The lowest BCUT2D eigenvalue weighted by atomic mass is 10.2. The number of H-pyrrole nitrogens is 1. The van der Waals surface area contributed by atoms with E-state index in [4.69, 9.17) is 0 Å². The van der Waals surface area contributed by atoms with Crippen LogP contribution in [0.4, 0.5) is 0 Å². The number of benzene rings is 1. The van der Waals surface area contributed by atoms with Crippen molar-refractivity contribution < 1.29 is 4.79 Å². The zero-order valence-electron chi connectivity index (χ0n) is 6.24. The van der Waals surface area contributed by atoms with Crippen molar-refractivity contribution in [1.29, 1.82) is 0 Å². The zero-order chi connectivity index (χ0) is 8.55. The Kier molecular flexibility index (Phi) is 1.66. The van der Waals surface area contributed by atoms with Crippen molar-refractivity contribution in [1.82, 2.24) is 4.98 Å². The lowest BCUT2D eigenvalue weighted by Crippen LogP contribution is -1.75. The minimum absolute atomic E-state index is 0.631. The van der Waals surface area contributed by atoms with Gasteiger partial charge in [0.2, 0.25) is 0 Å². The third-order valence-corrected chi connectivity index (χ3v) is 2.20. The van der Waals surface area contributed by atoms with E-state index in [1.54, 1.807) is 0 Å². The van der Waals surface area contributed by atoms with Gasteiger partial charge < -0.3 is 4.98 Å². The van der Waals surface area contributed by atoms with E-state index < -0.39 is 0 Å². The van der Waals surface area contributed by atoms with Gasteiger partial charge in [0.1, 0.15) is 0 Å². The van der Waals surface area contributed by atoms with Crippen LogP contribution >= 0.6 is 12.6 Å². The lowest BCUT2D eigenvalue weighted by Gasteiger charge is -1.86. The van der Waals surface area contributed by atoms with Crippen LogP contribution in [0.2, 0.25) is 0 Å². The molecule has 0 aliphatic carbocycles. The maximum absolute atomic E-state index is 10.6. The Bertz CT molecular complexity index is 433. The summed E-state index contributed by atoms with van der Waals surface area (Å²) < 4.78 is 0. The fraction of sp³-hybridized carbons (Fsp3) is 0. The SMILES string of the molecule is O=Cc1c(S)[nH]c2ccccc12. The highest BCUT2D eigenvalue weighted by atomic mass is 32.1. The third kappa shape index (κ3) is 0.940. The fourth-order valence-electron chi connectivity index (χ4n) is 1.27. The number of aromatic nitrogens is 1. The van der Waals surface area contributed by atoms with Crippen LogP contribution in [0.25, 0.3) is 10.9 Å². The van der Waals surface area contributed by atoms with Crippen molar-refractivity contribution in [2.24, 2.45) is 0 Å². The summed E-state index contributed by atoms with van der Waals surface area (Å²) >= 11 is 4.15. The Labute approximate surface area is 75.0 Å². The summed E-state index contributed by atoms with van der Waals surface area (Å²) in [6.07, 6.45) is 0.821. The summed E-state index contributed by atoms with van der Waals surface area (Å²) in [4.78, 5) is 13.6. The first-order valence-corrected chi connectivity index (χ1v) is 4.02. The van der Waals surface area contributed by atoms with E-state index in [9.17, 15) is 4.79 Å². The van der Waals surface area contributed by atoms with Gasteiger partial charge >= 0.3 is 0 Å². The molecule has 2 nitrogen and oxygen atoms in total. The third-order valence-electron chi connectivity index (χ3n) is 1.84. The maximum Gasteiger partial charge on any atom is 0.153 e. The van der Waals surface area contributed by atoms with Crippen molar-refractivity contribution in [3.63, 3.8) is 0 Å². The van der Waals surface area contributed by atoms with Gasteiger partial charge in [0.15, 0.2) is 6.29 Å². The standard InChI is InChI=1S/C9H7NOS/c11-5-7-6-3-1-2-4-8(6)10-9(7)12/h1-5,10,12H. The highest BCUT2D eigenvalue weighted by Gasteiger charge is 2.05. The molecule has 0 aliphatic heterocycles. The van der Waals surface area contributed by atoms with E-state index in [0.717, 1.165) is 17.2 Å². The first-order valence-electron chi connectivity index (χ1n) is 3.58. The highest BCUT2D eigenvalue weighted by Crippen LogP contribution is 2.22. The zero-order valence-corrected chi connectivity index (χ0v) is 7.14. The van der Waals surface area contributed by atoms with Crippen molar-refractivity contribution in [3.05, 3.63) is 29.8 Å². The van der Waals surface area contributed by atoms with E-state index >= 15 is 0 Å². The Morgan fingerprint density at radius 3 is 2.83 bits per heavy atom. The van der Waals surface area contributed by atoms with Crippen molar-refractivity contribution in [2.75, 3.05) is 0 Å². The van der Waals surface area contributed by atoms with Crippen LogP contribution in [0.5, 0.6) is 0 Å². The molecule has 0 amide bonds. The predicted octanol–water partition coefficient (Wildman–Crippen LogP) is 2.27. The number of fused-ring (bicyclic) bond motifs is 1. The fourth-order valence-corrected chi connectivity index (χ4v) is 1.56. The minimum atomic E-state index is 0.631. The molecular formula is C9H7NOS. The second kappa shape index (κ2) is 2.68. The maximum atomic E-state index is 10.6. The normalized spacial score (nSPS) is 10.4. The predicted molar refractivity (Wildman–Crippen MR) is 50.9 cm³/mol. The van der Waals surface area contributed by atoms with Crippen LogP contribution in [0.1, 0.15) is 10.4 Å². The van der Waals surface area contributed by atoms with Crippen LogP contribution in [0.3, 0.4) is 0 Å². The Morgan fingerprint density at radius 1 is 1.33 bits per heavy atom. The van der Waals surface area contributed by atoms with Gasteiger partial charge in [0.05, 0.1) is 10.6 Å². The number of aldehydes is 1. The number of hydrogen-bond acceptors (Lipinski definition) is 2. The van der Waals surface area contributed by atoms with E-state index in [1.807, 2.05) is 24.3 Å². The van der Waals surface area contributed by atoms with E-state index in [1.165, 1.54) is 0 Å². The number of carbonyl (C=O) groups excluding carboxylic acids is 1. The molecule has 60 valence electrons. The van der Waals surface area contributed by atoms with Gasteiger partial charge in [-0.3, -0.25) is 4.79 Å². The molecule has 1 aromatic heterocycles. The number of hydrogen-bond donors (Lipinski definition) is 2. The van der Waals surface area contributed by atoms with Gasteiger partial charge in [-0.2, -0.15) is 0 Å². The van der Waals surface area contributed by atoms with Crippen LogP contribution in [-0.4, -0.2) is 11.3 Å². The van der Waals surface area contributed by atoms with Crippen LogP contribution < -0.4 is 0 Å². The Morgan fingerprint density at radius 2 is 2.08 bits per heavy atom. The number of rotatable bonds is 1. The molecule has 0 radical (unpaired) electrons. The summed E-state index contributed by atoms with van der Waals surface area (Å²) in [5.74, 6) is 0. The Hall–Kier alpha value is -1.22. The number of thiol groups is 1. The van der Waals surface area contributed by atoms with Gasteiger partial charge in [-0.25, -0.2) is 0 Å². The van der Waals surface area contributed by atoms with Gasteiger partial charge in [0.25, 0.3) is 0 Å². The van der Waals surface area contributed by atoms with Gasteiger partial charge in [-0.05, 0) is 6.07 Å². The molecule has 1 N–H and O–H groups in total. The molecule has 1 aromatic carbocycles. The van der Waals surface area contributed by atoms with Crippen molar-refractivity contribution in [3.8, 4) is 0 Å². The highest BCUT2D eigenvalue weighted by molar-refractivity contribution is 7.80. The van der Waals surface area contributed by atoms with Crippen LogP contribution in [-0.2, 0) is 0 Å². The van der Waals surface area contributed by atoms with E-state index in [-0.39, 0.29) is 0 Å². The molecule has 0 saturated carbocycles. The van der Waals surface area contributed by atoms with Gasteiger partial charge in [-0.1, -0.05) is 18.2 Å². The summed E-state index contributed by atoms with van der Waals surface area (Å²) in [5.41, 5.74) is 1.58. The average Bonchev–Trinajstić information content (AvgIpc) is 2.40. The Balaban J connectivity index is 2.90. The minimum Gasteiger partial charge on any atom is -0.349 e. The number of nitrogens with one attached hydrogen (secondary N) is 1. The summed E-state index contributed by atoms with van der Waals surface area (Å²) in [7, 11) is 0. The molecule has 0 spiro atoms. The molecule has 2 aromatic rings. The van der Waals surface area contributed by atoms with Gasteiger partial charge in [-0.15, -0.1) is 12.6 Å². The van der Waals surface area contributed by atoms with E-state index in [2.05, 4.69) is 17.6 Å². The van der Waals surface area contributed by atoms with Crippen molar-refractivity contribution >= 4 is 29.8 Å². The monoisotopic (exact) mass is 177 g/mol. The first kappa shape index (κ1) is 7.43. The second-order valence-corrected chi connectivity index (χ2v) is 3.00. The largest absolute Gasteiger partial charge is 0.349 e. The molecule has 12 heavy (non-hydrogen) atoms. The molecule has 3 heteroatoms. The van der Waals surface area contributed by atoms with Crippen LogP contribution in [0.15, 0.2) is 29.3 Å². The quantitative estimate of drug-likeness (QED) is 0.508. The molecule has 0 atom stereocenters. The molecular weight excluding hydrogens is 170 g/mol. The number of aromatic amines is 1. The smallest absolute Gasteiger partial charge is 0.153 e. The average molecular weight is 177 g/mol. The van der Waals surface area contributed by atoms with Crippen LogP contribution in [0, 0.1) is 0 Å². The number of para-hydroxylation sites is 1. The molecule has 0 fully saturated rings. The second-order valence-electron chi connectivity index (χ2n) is 2.55. The summed E-state index contributed by atoms with van der Waals surface area (Å²) in [6.45, 7) is 0. The van der Waals surface area contributed by atoms with Crippen molar-refractivity contribution in [2.45, 2.75) is 5.03 Å². The first-order chi connectivity index (χ1) is 5.83. The molecule has 1 heterocycles. The molecule has 0 bridgehead atoms. The summed E-state index contributed by atoms with van der Waals surface area (Å²) in [5, 5.41) is 1.56. The number of carbonyl (C=O) groups is 1. The lowest BCUT2D eigenvalue weighted by molar-refractivity contribution is 0.112. The molecule has 0 aliphatic rings. The summed E-state index contributed by atoms with van der Waals surface area (Å²) in [6, 6.07) is 7.63.